The smallest absolute Gasteiger partial charge is 0.744 e. The van der Waals surface area contributed by atoms with Crippen molar-refractivity contribution in [3.63, 3.8) is 0 Å². The van der Waals surface area contributed by atoms with E-state index >= 15 is 0 Å². The van der Waals surface area contributed by atoms with E-state index in [2.05, 4.69) is 19.9 Å². The first kappa shape index (κ1) is 39.3. The Balaban J connectivity index is 0.00000840. The molecule has 0 N–H and O–H groups in total. The van der Waals surface area contributed by atoms with Gasteiger partial charge < -0.3 is 4.55 Å². The first-order chi connectivity index (χ1) is 19.5. The van der Waals surface area contributed by atoms with Crippen LogP contribution in [0.5, 0.6) is 0 Å². The maximum Gasteiger partial charge on any atom is 1.00 e. The summed E-state index contributed by atoms with van der Waals surface area (Å²) in [6.45, 7) is 4.54. The Kier molecular flexibility index (Phi) is 23.5. The summed E-state index contributed by atoms with van der Waals surface area (Å²) in [5.41, 5.74) is 2.61. The topological polar surface area (TPSA) is 57.2 Å². The summed E-state index contributed by atoms with van der Waals surface area (Å²) >= 11 is 0. The quantitative estimate of drug-likeness (QED) is 0.0644. The Morgan fingerprint density at radius 1 is 0.512 bits per heavy atom. The summed E-state index contributed by atoms with van der Waals surface area (Å²) in [5, 5.41) is 1.56. The van der Waals surface area contributed by atoms with Gasteiger partial charge in [-0.05, 0) is 53.6 Å². The zero-order valence-electron chi connectivity index (χ0n) is 27.0. The summed E-state index contributed by atoms with van der Waals surface area (Å²) in [6, 6.07) is 9.18. The number of unbranched alkanes of at least 4 members (excludes halogenated alkanes) is 20. The molecule has 0 amide bonds. The van der Waals surface area contributed by atoms with Crippen molar-refractivity contribution in [1.82, 2.24) is 0 Å². The summed E-state index contributed by atoms with van der Waals surface area (Å²) in [4.78, 5) is -0.0774. The molecule has 0 heterocycles. The van der Waals surface area contributed by atoms with Crippen LogP contribution in [0.25, 0.3) is 10.8 Å². The molecule has 0 radical (unpaired) electrons. The molecule has 0 fully saturated rings. The number of hydrogen-bond donors (Lipinski definition) is 0. The maximum atomic E-state index is 11.9. The van der Waals surface area contributed by atoms with Crippen molar-refractivity contribution in [3.8, 4) is 0 Å². The molecule has 5 heteroatoms. The molecule has 0 bridgehead atoms. The van der Waals surface area contributed by atoms with Gasteiger partial charge in [0.1, 0.15) is 10.1 Å². The molecule has 0 atom stereocenters. The summed E-state index contributed by atoms with van der Waals surface area (Å²) in [5.74, 6) is 0. The van der Waals surface area contributed by atoms with E-state index in [1.165, 1.54) is 152 Å². The number of aryl methyl sites for hydroxylation is 2. The van der Waals surface area contributed by atoms with Gasteiger partial charge in [0.25, 0.3) is 0 Å². The standard InChI is InChI=1S/C36H60O3S.K/c1-3-5-7-9-11-13-15-17-19-21-23-26-32-30-31-35-34(28-25-29-36(35)40(37,38)39)33(32)27-24-22-20-18-16-14-12-10-8-6-4-2;/h25,28-31H,3-24,26-27H2,1-2H3,(H,37,38,39);/q;+1/p-1. The van der Waals surface area contributed by atoms with Gasteiger partial charge in [-0.2, -0.15) is 0 Å². The number of benzene rings is 2. The van der Waals surface area contributed by atoms with E-state index in [0.717, 1.165) is 24.6 Å². The molecule has 3 nitrogen and oxygen atoms in total. The van der Waals surface area contributed by atoms with Crippen LogP contribution < -0.4 is 51.4 Å². The van der Waals surface area contributed by atoms with Gasteiger partial charge in [-0.3, -0.25) is 0 Å². The molecule has 0 unspecified atom stereocenters. The molecule has 0 saturated heterocycles. The Bertz CT molecular complexity index is 1030. The average molecular weight is 611 g/mol. The van der Waals surface area contributed by atoms with Crippen molar-refractivity contribution in [2.45, 2.75) is 173 Å². The van der Waals surface area contributed by atoms with Gasteiger partial charge in [0.05, 0.1) is 4.90 Å². The second kappa shape index (κ2) is 24.6. The molecule has 2 rings (SSSR count). The predicted molar refractivity (Wildman–Crippen MR) is 172 cm³/mol. The van der Waals surface area contributed by atoms with Crippen molar-refractivity contribution in [3.05, 3.63) is 41.5 Å². The van der Waals surface area contributed by atoms with E-state index in [-0.39, 0.29) is 56.3 Å². The number of rotatable bonds is 25. The van der Waals surface area contributed by atoms with Gasteiger partial charge in [0, 0.05) is 0 Å². The summed E-state index contributed by atoms with van der Waals surface area (Å²) in [7, 11) is -4.49. The summed E-state index contributed by atoms with van der Waals surface area (Å²) in [6.07, 6.45) is 31.1. The minimum absolute atomic E-state index is 0. The zero-order valence-corrected chi connectivity index (χ0v) is 30.9. The van der Waals surface area contributed by atoms with Crippen LogP contribution in [0.4, 0.5) is 0 Å². The fraction of sp³-hybridized carbons (Fsp3) is 0.722. The van der Waals surface area contributed by atoms with Gasteiger partial charge in [-0.15, -0.1) is 0 Å². The van der Waals surface area contributed by atoms with Crippen LogP contribution in [0, 0.1) is 0 Å². The minimum Gasteiger partial charge on any atom is -0.744 e. The molecule has 0 spiro atoms. The van der Waals surface area contributed by atoms with E-state index in [4.69, 9.17) is 0 Å². The molecule has 0 aromatic heterocycles. The van der Waals surface area contributed by atoms with E-state index in [0.29, 0.717) is 5.39 Å². The van der Waals surface area contributed by atoms with Crippen LogP contribution in [0.3, 0.4) is 0 Å². The SMILES string of the molecule is CCCCCCCCCCCCCc1ccc2c(S(=O)(=O)[O-])cccc2c1CCCCCCCCCCCCC.[K+]. The Morgan fingerprint density at radius 3 is 1.37 bits per heavy atom. The average Bonchev–Trinajstić information content (AvgIpc) is 2.94. The Labute approximate surface area is 296 Å². The van der Waals surface area contributed by atoms with E-state index in [1.807, 2.05) is 12.1 Å². The molecular weight excluding hydrogens is 552 g/mol. The summed E-state index contributed by atoms with van der Waals surface area (Å²) < 4.78 is 35.8. The molecule has 228 valence electrons. The molecular formula is C36H59KO3S. The van der Waals surface area contributed by atoms with Gasteiger partial charge in [0.2, 0.25) is 0 Å². The molecule has 41 heavy (non-hydrogen) atoms. The molecule has 0 aliphatic rings. The Morgan fingerprint density at radius 2 is 0.927 bits per heavy atom. The van der Waals surface area contributed by atoms with Crippen LogP contribution in [0.15, 0.2) is 35.2 Å². The molecule has 0 saturated carbocycles. The molecule has 0 aliphatic carbocycles. The number of fused-ring (bicyclic) bond motifs is 1. The van der Waals surface area contributed by atoms with E-state index in [1.54, 1.807) is 6.07 Å². The fourth-order valence-corrected chi connectivity index (χ4v) is 6.82. The maximum absolute atomic E-state index is 11.9. The third kappa shape index (κ3) is 16.8. The first-order valence-electron chi connectivity index (χ1n) is 17.0. The van der Waals surface area contributed by atoms with E-state index in [9.17, 15) is 13.0 Å². The van der Waals surface area contributed by atoms with Crippen LogP contribution in [0.1, 0.15) is 166 Å². The normalized spacial score (nSPS) is 11.7. The third-order valence-electron chi connectivity index (χ3n) is 8.58. The van der Waals surface area contributed by atoms with Crippen LogP contribution in [-0.2, 0) is 23.0 Å². The first-order valence-corrected chi connectivity index (χ1v) is 18.4. The molecule has 0 aliphatic heterocycles. The van der Waals surface area contributed by atoms with Gasteiger partial charge in [-0.1, -0.05) is 167 Å². The zero-order chi connectivity index (χ0) is 28.9. The van der Waals surface area contributed by atoms with Crippen molar-refractivity contribution in [2.24, 2.45) is 0 Å². The largest absolute Gasteiger partial charge is 1.00 e. The van der Waals surface area contributed by atoms with Crippen molar-refractivity contribution in [2.75, 3.05) is 0 Å². The fourth-order valence-electron chi connectivity index (χ4n) is 6.13. The third-order valence-corrected chi connectivity index (χ3v) is 9.47. The minimum atomic E-state index is -4.49. The Hall–Kier alpha value is 0.246. The van der Waals surface area contributed by atoms with Gasteiger partial charge in [0.15, 0.2) is 0 Å². The second-order valence-electron chi connectivity index (χ2n) is 12.1. The monoisotopic (exact) mass is 610 g/mol. The van der Waals surface area contributed by atoms with Crippen LogP contribution >= 0.6 is 0 Å². The number of hydrogen-bond acceptors (Lipinski definition) is 3. The van der Waals surface area contributed by atoms with Gasteiger partial charge >= 0.3 is 51.4 Å². The second-order valence-corrected chi connectivity index (χ2v) is 13.4. The molecule has 2 aromatic rings. The van der Waals surface area contributed by atoms with Crippen molar-refractivity contribution in [1.29, 1.82) is 0 Å². The molecule has 2 aromatic carbocycles. The predicted octanol–water partition coefficient (Wildman–Crippen LogP) is 8.45. The van der Waals surface area contributed by atoms with Crippen LogP contribution in [-0.4, -0.2) is 13.0 Å². The van der Waals surface area contributed by atoms with Gasteiger partial charge in [-0.25, -0.2) is 8.42 Å². The van der Waals surface area contributed by atoms with Crippen molar-refractivity contribution < 1.29 is 64.4 Å². The van der Waals surface area contributed by atoms with E-state index < -0.39 is 10.1 Å². The van der Waals surface area contributed by atoms with Crippen LogP contribution in [0.2, 0.25) is 0 Å². The van der Waals surface area contributed by atoms with Crippen molar-refractivity contribution >= 4 is 20.9 Å².